The van der Waals surface area contributed by atoms with E-state index in [4.69, 9.17) is 5.41 Å². The zero-order valence-corrected chi connectivity index (χ0v) is 5.83. The number of halogens is 1. The molecule has 0 spiro atoms. The predicted octanol–water partition coefficient (Wildman–Crippen LogP) is -4.99. The van der Waals surface area contributed by atoms with Gasteiger partial charge in [0.25, 0.3) is 0 Å². The van der Waals surface area contributed by atoms with E-state index in [0.717, 1.165) is 0 Å². The molecule has 0 aromatic heterocycles. The van der Waals surface area contributed by atoms with E-state index in [1.54, 1.807) is 7.11 Å². The van der Waals surface area contributed by atoms with Crippen LogP contribution in [-0.2, 0) is 4.74 Å². The maximum Gasteiger partial charge on any atom is 0.347 e. The van der Waals surface area contributed by atoms with Crippen molar-refractivity contribution < 1.29 is 22.6 Å². The first-order valence-corrected chi connectivity index (χ1v) is 2.11. The number of nitrogens with two attached hydrogens (primary N) is 1. The molecular weight excluding hydrogens is 128 g/mol. The lowest BCUT2D eigenvalue weighted by molar-refractivity contribution is -0.139. The molecule has 0 aliphatic rings. The molecule has 0 fully saturated rings. The molecule has 0 atom stereocenters. The summed E-state index contributed by atoms with van der Waals surface area (Å²) in [6.45, 7) is 0.622. The number of ether oxygens (including phenoxy) is 1. The molecule has 3 nitrogen and oxygen atoms in total. The number of likely N-dealkylation sites (N-methyl/N-ethyl adjacent to an activating group) is 1. The van der Waals surface area contributed by atoms with Gasteiger partial charge in [-0.3, -0.25) is 0 Å². The minimum absolute atomic E-state index is 0. The Labute approximate surface area is 55.3 Å². The Balaban J connectivity index is 0. The molecule has 4 heteroatoms. The highest BCUT2D eigenvalue weighted by molar-refractivity contribution is 5.71. The zero-order chi connectivity index (χ0) is 5.70. The fourth-order valence-corrected chi connectivity index (χ4v) is 0.246. The quantitative estimate of drug-likeness (QED) is 0.297. The number of hydrogen-bond donors (Lipinski definition) is 2. The maximum absolute atomic E-state index is 5.22. The van der Waals surface area contributed by atoms with E-state index in [9.17, 15) is 0 Å². The van der Waals surface area contributed by atoms with Crippen molar-refractivity contribution in [3.05, 3.63) is 0 Å². The molecule has 0 saturated heterocycles. The summed E-state index contributed by atoms with van der Waals surface area (Å²) < 4.78 is 4.62. The highest BCUT2D eigenvalue weighted by Crippen LogP contribution is 1.59. The molecule has 50 valence electrons. The topological polar surface area (TPSA) is 46.8 Å². The van der Waals surface area contributed by atoms with Gasteiger partial charge in [0.05, 0.1) is 7.11 Å². The van der Waals surface area contributed by atoms with E-state index in [0.29, 0.717) is 12.4 Å². The van der Waals surface area contributed by atoms with Crippen molar-refractivity contribution in [3.8, 4) is 0 Å². The Hall–Kier alpha value is -0.280. The van der Waals surface area contributed by atoms with Crippen LogP contribution in [0.3, 0.4) is 0 Å². The Morgan fingerprint density at radius 3 is 2.38 bits per heavy atom. The lowest BCUT2D eigenvalue weighted by atomic mass is 10.6. The van der Waals surface area contributed by atoms with Gasteiger partial charge in [0.1, 0.15) is 6.54 Å². The van der Waals surface area contributed by atoms with Gasteiger partial charge in [-0.1, -0.05) is 0 Å². The summed E-state index contributed by atoms with van der Waals surface area (Å²) in [5, 5.41) is 8.05. The summed E-state index contributed by atoms with van der Waals surface area (Å²) in [6, 6.07) is 0. The Morgan fingerprint density at radius 2 is 2.25 bits per heavy atom. The largest absolute Gasteiger partial charge is 1.00 e. The third-order valence-corrected chi connectivity index (χ3v) is 0.613. The average molecular weight is 139 g/mol. The van der Waals surface area contributed by atoms with Crippen LogP contribution in [0.25, 0.3) is 0 Å². The molecule has 8 heavy (non-hydrogen) atoms. The predicted molar refractivity (Wildman–Crippen MR) is 27.9 cm³/mol. The van der Waals surface area contributed by atoms with E-state index in [-0.39, 0.29) is 12.4 Å². The summed E-state index contributed by atoms with van der Waals surface area (Å²) in [5.41, 5.74) is 0. The molecule has 0 aliphatic heterocycles. The van der Waals surface area contributed by atoms with Crippen molar-refractivity contribution in [3.63, 3.8) is 0 Å². The van der Waals surface area contributed by atoms with Crippen LogP contribution < -0.4 is 23.1 Å². The van der Waals surface area contributed by atoms with Crippen molar-refractivity contribution in [1.82, 2.24) is 5.32 Å². The van der Waals surface area contributed by atoms with Gasteiger partial charge in [0.15, 0.2) is 0 Å². The van der Waals surface area contributed by atoms with Crippen molar-refractivity contribution in [1.29, 1.82) is 0 Å². The second-order valence-corrected chi connectivity index (χ2v) is 1.20. The van der Waals surface area contributed by atoms with Crippen LogP contribution in [-0.4, -0.2) is 26.6 Å². The smallest absolute Gasteiger partial charge is 0.347 e. The molecule has 0 rings (SSSR count). The Morgan fingerprint density at radius 1 is 1.75 bits per heavy atom. The van der Waals surface area contributed by atoms with E-state index in [1.165, 1.54) is 0 Å². The van der Waals surface area contributed by atoms with Gasteiger partial charge in [-0.2, -0.15) is 0 Å². The van der Waals surface area contributed by atoms with E-state index in [1.807, 2.05) is 7.05 Å². The van der Waals surface area contributed by atoms with Crippen molar-refractivity contribution in [2.75, 3.05) is 20.7 Å². The van der Waals surface area contributed by atoms with E-state index < -0.39 is 0 Å². The van der Waals surface area contributed by atoms with Gasteiger partial charge < -0.3 is 22.5 Å². The Kier molecular flexibility index (Phi) is 8.95. The number of hydrogen-bond acceptors (Lipinski definition) is 2. The molecule has 0 aromatic carbocycles. The number of rotatable bonds is 2. The first-order valence-electron chi connectivity index (χ1n) is 2.11. The molecule has 0 amide bonds. The van der Waals surface area contributed by atoms with Crippen LogP contribution in [0.5, 0.6) is 0 Å². The summed E-state index contributed by atoms with van der Waals surface area (Å²) in [5.74, 6) is 0.516. The van der Waals surface area contributed by atoms with Crippen molar-refractivity contribution in [2.24, 2.45) is 0 Å². The first kappa shape index (κ1) is 10.7. The molecular formula is C4H11ClN2O. The van der Waals surface area contributed by atoms with Gasteiger partial charge in [0.2, 0.25) is 0 Å². The molecule has 0 unspecified atom stereocenters. The molecule has 0 aromatic rings. The standard InChI is InChI=1S/C4H10N2O.ClH/c1-6-3-4(5)7-2;/h5-6H,3H2,1-2H3;1H. The van der Waals surface area contributed by atoms with Crippen LogP contribution in [0.15, 0.2) is 0 Å². The number of methoxy groups -OCH3 is 1. The van der Waals surface area contributed by atoms with E-state index in [2.05, 4.69) is 10.1 Å². The molecule has 0 radical (unpaired) electrons. The van der Waals surface area contributed by atoms with Crippen LogP contribution in [0.2, 0.25) is 0 Å². The maximum atomic E-state index is 5.22. The van der Waals surface area contributed by atoms with Crippen molar-refractivity contribution >= 4 is 5.90 Å². The van der Waals surface area contributed by atoms with Gasteiger partial charge in [-0.05, 0) is 7.05 Å². The summed E-state index contributed by atoms with van der Waals surface area (Å²) in [7, 11) is 3.36. The van der Waals surface area contributed by atoms with Crippen LogP contribution >= 0.6 is 0 Å². The van der Waals surface area contributed by atoms with Crippen LogP contribution in [0.4, 0.5) is 0 Å². The lowest BCUT2D eigenvalue weighted by Gasteiger charge is -1.91. The SMILES string of the molecule is CNCC(=[NH2+])OC.[Cl-]. The third-order valence-electron chi connectivity index (χ3n) is 0.613. The third kappa shape index (κ3) is 5.72. The van der Waals surface area contributed by atoms with Crippen LogP contribution in [0, 0.1) is 0 Å². The molecule has 0 bridgehead atoms. The second kappa shape index (κ2) is 6.72. The highest BCUT2D eigenvalue weighted by Gasteiger charge is 1.93. The number of nitrogens with one attached hydrogen (secondary N) is 1. The fraction of sp³-hybridized carbons (Fsp3) is 0.750. The average Bonchev–Trinajstić information content (AvgIpc) is 1.68. The molecule has 0 saturated carbocycles. The first-order chi connectivity index (χ1) is 3.31. The highest BCUT2D eigenvalue weighted by atomic mass is 35.5. The van der Waals surface area contributed by atoms with Gasteiger partial charge in [0, 0.05) is 0 Å². The summed E-state index contributed by atoms with van der Waals surface area (Å²) in [4.78, 5) is 0. The van der Waals surface area contributed by atoms with E-state index >= 15 is 0 Å². The van der Waals surface area contributed by atoms with Gasteiger partial charge in [-0.25, -0.2) is 5.41 Å². The lowest BCUT2D eigenvalue weighted by Crippen LogP contribution is -3.00. The molecule has 0 aliphatic carbocycles. The van der Waals surface area contributed by atoms with Gasteiger partial charge >= 0.3 is 5.90 Å². The summed E-state index contributed by atoms with van der Waals surface area (Å²) >= 11 is 0. The monoisotopic (exact) mass is 138 g/mol. The van der Waals surface area contributed by atoms with Crippen LogP contribution in [0.1, 0.15) is 0 Å². The Bertz CT molecular complexity index is 67.1. The normalized spacial score (nSPS) is 7.25. The van der Waals surface area contributed by atoms with Crippen molar-refractivity contribution in [2.45, 2.75) is 0 Å². The summed E-state index contributed by atoms with van der Waals surface area (Å²) in [6.07, 6.45) is 0. The fourth-order valence-electron chi connectivity index (χ4n) is 0.246. The zero-order valence-electron chi connectivity index (χ0n) is 5.07. The minimum atomic E-state index is 0. The minimum Gasteiger partial charge on any atom is -1.00 e. The molecule has 3 N–H and O–H groups in total. The molecule has 0 heterocycles. The second-order valence-electron chi connectivity index (χ2n) is 1.20. The van der Waals surface area contributed by atoms with Gasteiger partial charge in [-0.15, -0.1) is 0 Å².